The van der Waals surface area contributed by atoms with Gasteiger partial charge in [-0.05, 0) is 37.8 Å². The van der Waals surface area contributed by atoms with Gasteiger partial charge >= 0.3 is 0 Å². The Kier molecular flexibility index (Phi) is 3.93. The Balaban J connectivity index is 2.27. The average molecular weight is 248 g/mol. The van der Waals surface area contributed by atoms with E-state index in [2.05, 4.69) is 24.0 Å². The fourth-order valence-corrected chi connectivity index (χ4v) is 2.73. The van der Waals surface area contributed by atoms with Crippen LogP contribution in [-0.2, 0) is 0 Å². The summed E-state index contributed by atoms with van der Waals surface area (Å²) < 4.78 is 0. The van der Waals surface area contributed by atoms with Crippen molar-refractivity contribution in [2.24, 2.45) is 5.73 Å². The number of hydrogen-bond donors (Lipinski definition) is 2. The summed E-state index contributed by atoms with van der Waals surface area (Å²) >= 11 is 0. The average Bonchev–Trinajstić information content (AvgIpc) is 2.36. The van der Waals surface area contributed by atoms with Crippen molar-refractivity contribution in [3.8, 4) is 0 Å². The van der Waals surface area contributed by atoms with E-state index in [1.165, 1.54) is 11.3 Å². The minimum absolute atomic E-state index is 0.0769. The summed E-state index contributed by atoms with van der Waals surface area (Å²) in [6.07, 6.45) is 2.84. The SMILES string of the molecule is CC[C@H](N)c1ccccc1N1CCCC(C)(O)C1. The number of piperidine rings is 1. The largest absolute Gasteiger partial charge is 0.388 e. The Morgan fingerprint density at radius 2 is 2.17 bits per heavy atom. The van der Waals surface area contributed by atoms with Crippen molar-refractivity contribution in [2.45, 2.75) is 44.8 Å². The van der Waals surface area contributed by atoms with E-state index in [9.17, 15) is 5.11 Å². The highest BCUT2D eigenvalue weighted by molar-refractivity contribution is 5.55. The zero-order valence-electron chi connectivity index (χ0n) is 11.4. The number of nitrogens with zero attached hydrogens (tertiary/aromatic N) is 1. The molecule has 1 aromatic rings. The van der Waals surface area contributed by atoms with Crippen molar-refractivity contribution in [1.82, 2.24) is 0 Å². The summed E-state index contributed by atoms with van der Waals surface area (Å²) in [6.45, 7) is 5.72. The number of β-amino-alcohol motifs (C(OH)–C–C–N with tert-alkyl or cyclic N) is 1. The van der Waals surface area contributed by atoms with Gasteiger partial charge in [0.25, 0.3) is 0 Å². The van der Waals surface area contributed by atoms with Gasteiger partial charge < -0.3 is 15.7 Å². The molecule has 3 N–H and O–H groups in total. The van der Waals surface area contributed by atoms with Gasteiger partial charge in [0.05, 0.1) is 5.60 Å². The van der Waals surface area contributed by atoms with Crippen molar-refractivity contribution >= 4 is 5.69 Å². The lowest BCUT2D eigenvalue weighted by Gasteiger charge is -2.39. The van der Waals surface area contributed by atoms with Crippen LogP contribution in [0.4, 0.5) is 5.69 Å². The molecule has 1 aromatic carbocycles. The molecule has 0 bridgehead atoms. The summed E-state index contributed by atoms with van der Waals surface area (Å²) in [6, 6.07) is 8.38. The molecule has 1 heterocycles. The number of para-hydroxylation sites is 1. The Morgan fingerprint density at radius 1 is 1.44 bits per heavy atom. The second-order valence-electron chi connectivity index (χ2n) is 5.60. The molecule has 1 unspecified atom stereocenters. The summed E-state index contributed by atoms with van der Waals surface area (Å²) in [5.41, 5.74) is 7.98. The first-order valence-corrected chi connectivity index (χ1v) is 6.85. The second kappa shape index (κ2) is 5.29. The lowest BCUT2D eigenvalue weighted by Crippen LogP contribution is -2.46. The van der Waals surface area contributed by atoms with Crippen LogP contribution in [0.5, 0.6) is 0 Å². The highest BCUT2D eigenvalue weighted by Gasteiger charge is 2.29. The normalized spacial score (nSPS) is 26.1. The Hall–Kier alpha value is -1.06. The van der Waals surface area contributed by atoms with E-state index in [0.29, 0.717) is 6.54 Å². The smallest absolute Gasteiger partial charge is 0.0794 e. The van der Waals surface area contributed by atoms with E-state index in [4.69, 9.17) is 5.73 Å². The standard InChI is InChI=1S/C15H24N2O/c1-3-13(16)12-7-4-5-8-14(12)17-10-6-9-15(2,18)11-17/h4-5,7-8,13,18H,3,6,9-11,16H2,1-2H3/t13-,15?/m0/s1. The highest BCUT2D eigenvalue weighted by atomic mass is 16.3. The fourth-order valence-electron chi connectivity index (χ4n) is 2.73. The van der Waals surface area contributed by atoms with Gasteiger partial charge in [0.2, 0.25) is 0 Å². The monoisotopic (exact) mass is 248 g/mol. The summed E-state index contributed by atoms with van der Waals surface area (Å²) in [5, 5.41) is 10.2. The molecule has 2 atom stereocenters. The van der Waals surface area contributed by atoms with E-state index in [1.807, 2.05) is 19.1 Å². The zero-order valence-corrected chi connectivity index (χ0v) is 11.4. The Bertz CT molecular complexity index is 403. The van der Waals surface area contributed by atoms with E-state index in [1.54, 1.807) is 0 Å². The molecule has 0 radical (unpaired) electrons. The van der Waals surface area contributed by atoms with Crippen LogP contribution in [0.1, 0.15) is 44.7 Å². The maximum Gasteiger partial charge on any atom is 0.0794 e. The van der Waals surface area contributed by atoms with Crippen LogP contribution >= 0.6 is 0 Å². The molecule has 0 saturated carbocycles. The van der Waals surface area contributed by atoms with Gasteiger partial charge in [-0.25, -0.2) is 0 Å². The van der Waals surface area contributed by atoms with Crippen LogP contribution in [-0.4, -0.2) is 23.8 Å². The number of aliphatic hydroxyl groups is 1. The van der Waals surface area contributed by atoms with Gasteiger partial charge in [-0.1, -0.05) is 25.1 Å². The second-order valence-corrected chi connectivity index (χ2v) is 5.60. The van der Waals surface area contributed by atoms with Crippen molar-refractivity contribution in [2.75, 3.05) is 18.0 Å². The van der Waals surface area contributed by atoms with Crippen LogP contribution in [0, 0.1) is 0 Å². The summed E-state index contributed by atoms with van der Waals surface area (Å²) in [4.78, 5) is 2.27. The lowest BCUT2D eigenvalue weighted by atomic mass is 9.93. The van der Waals surface area contributed by atoms with Crippen LogP contribution in [0.15, 0.2) is 24.3 Å². The van der Waals surface area contributed by atoms with Gasteiger partial charge in [0.15, 0.2) is 0 Å². The topological polar surface area (TPSA) is 49.5 Å². The van der Waals surface area contributed by atoms with Crippen molar-refractivity contribution in [3.05, 3.63) is 29.8 Å². The molecule has 1 aliphatic rings. The maximum absolute atomic E-state index is 10.2. The molecule has 1 aliphatic heterocycles. The molecule has 0 spiro atoms. The number of hydrogen-bond acceptors (Lipinski definition) is 3. The molecule has 3 heteroatoms. The van der Waals surface area contributed by atoms with Crippen molar-refractivity contribution in [3.63, 3.8) is 0 Å². The molecule has 0 aliphatic carbocycles. The molecule has 1 saturated heterocycles. The highest BCUT2D eigenvalue weighted by Crippen LogP contribution is 2.31. The molecule has 3 nitrogen and oxygen atoms in total. The Morgan fingerprint density at radius 3 is 2.83 bits per heavy atom. The van der Waals surface area contributed by atoms with Crippen LogP contribution in [0.2, 0.25) is 0 Å². The van der Waals surface area contributed by atoms with E-state index in [-0.39, 0.29) is 6.04 Å². The maximum atomic E-state index is 10.2. The van der Waals surface area contributed by atoms with Crippen LogP contribution in [0.25, 0.3) is 0 Å². The minimum Gasteiger partial charge on any atom is -0.388 e. The van der Waals surface area contributed by atoms with Gasteiger partial charge in [-0.2, -0.15) is 0 Å². The lowest BCUT2D eigenvalue weighted by molar-refractivity contribution is 0.0449. The number of nitrogens with two attached hydrogens (primary N) is 1. The van der Waals surface area contributed by atoms with Gasteiger partial charge in [0, 0.05) is 24.8 Å². The molecule has 100 valence electrons. The Labute approximate surface area is 110 Å². The third-order valence-corrected chi connectivity index (χ3v) is 3.79. The number of benzene rings is 1. The molecular formula is C15H24N2O. The third-order valence-electron chi connectivity index (χ3n) is 3.79. The van der Waals surface area contributed by atoms with Crippen LogP contribution < -0.4 is 10.6 Å². The van der Waals surface area contributed by atoms with Crippen LogP contribution in [0.3, 0.4) is 0 Å². The first-order chi connectivity index (χ1) is 8.53. The predicted molar refractivity (Wildman–Crippen MR) is 75.7 cm³/mol. The molecule has 1 fully saturated rings. The fraction of sp³-hybridized carbons (Fsp3) is 0.600. The first-order valence-electron chi connectivity index (χ1n) is 6.85. The van der Waals surface area contributed by atoms with E-state index >= 15 is 0 Å². The van der Waals surface area contributed by atoms with E-state index < -0.39 is 5.60 Å². The van der Waals surface area contributed by atoms with Gasteiger partial charge in [0.1, 0.15) is 0 Å². The number of anilines is 1. The predicted octanol–water partition coefficient (Wildman–Crippen LogP) is 2.45. The molecule has 0 aromatic heterocycles. The van der Waals surface area contributed by atoms with Gasteiger partial charge in [-0.3, -0.25) is 0 Å². The van der Waals surface area contributed by atoms with E-state index in [0.717, 1.165) is 25.8 Å². The quantitative estimate of drug-likeness (QED) is 0.864. The molecular weight excluding hydrogens is 224 g/mol. The molecule has 18 heavy (non-hydrogen) atoms. The van der Waals surface area contributed by atoms with Crippen molar-refractivity contribution < 1.29 is 5.11 Å². The minimum atomic E-state index is -0.582. The number of rotatable bonds is 3. The third kappa shape index (κ3) is 2.85. The zero-order chi connectivity index (χ0) is 13.2. The van der Waals surface area contributed by atoms with Crippen molar-refractivity contribution in [1.29, 1.82) is 0 Å². The summed E-state index contributed by atoms with van der Waals surface area (Å²) in [5.74, 6) is 0. The molecule has 0 amide bonds. The molecule has 2 rings (SSSR count). The van der Waals surface area contributed by atoms with Gasteiger partial charge in [-0.15, -0.1) is 0 Å². The summed E-state index contributed by atoms with van der Waals surface area (Å²) in [7, 11) is 0. The first kappa shape index (κ1) is 13.4.